The van der Waals surface area contributed by atoms with E-state index >= 15 is 0 Å². The van der Waals surface area contributed by atoms with E-state index in [1.807, 2.05) is 13.8 Å². The molecule has 0 radical (unpaired) electrons. The summed E-state index contributed by atoms with van der Waals surface area (Å²) in [7, 11) is 0. The van der Waals surface area contributed by atoms with E-state index in [-0.39, 0.29) is 25.6 Å². The number of halogens is 3. The van der Waals surface area contributed by atoms with Gasteiger partial charge >= 0.3 is 6.18 Å². The monoisotopic (exact) mass is 294 g/mol. The predicted octanol–water partition coefficient (Wildman–Crippen LogP) is 1.60. The molecule has 0 aromatic heterocycles. The lowest BCUT2D eigenvalue weighted by Gasteiger charge is -2.38. The Morgan fingerprint density at radius 1 is 1.40 bits per heavy atom. The van der Waals surface area contributed by atoms with Gasteiger partial charge in [-0.3, -0.25) is 4.79 Å². The fourth-order valence-electron chi connectivity index (χ4n) is 2.94. The number of alkyl halides is 3. The summed E-state index contributed by atoms with van der Waals surface area (Å²) in [6.45, 7) is 4.08. The van der Waals surface area contributed by atoms with Crippen LogP contribution < -0.4 is 10.6 Å². The van der Waals surface area contributed by atoms with E-state index in [9.17, 15) is 18.0 Å². The third-order valence-corrected chi connectivity index (χ3v) is 4.16. The number of carbonyl (C=O) groups is 1. The van der Waals surface area contributed by atoms with Gasteiger partial charge < -0.3 is 15.4 Å². The first kappa shape index (κ1) is 15.6. The summed E-state index contributed by atoms with van der Waals surface area (Å²) in [4.78, 5) is 12.2. The average molecular weight is 294 g/mol. The Morgan fingerprint density at radius 2 is 2.10 bits per heavy atom. The molecule has 0 saturated carbocycles. The molecule has 0 spiro atoms. The van der Waals surface area contributed by atoms with E-state index in [0.717, 1.165) is 0 Å². The molecule has 2 unspecified atom stereocenters. The van der Waals surface area contributed by atoms with Crippen molar-refractivity contribution >= 4 is 5.91 Å². The Kier molecular flexibility index (Phi) is 4.03. The second-order valence-electron chi connectivity index (χ2n) is 6.28. The van der Waals surface area contributed by atoms with Crippen molar-refractivity contribution in [1.82, 2.24) is 10.6 Å². The van der Waals surface area contributed by atoms with Crippen molar-refractivity contribution in [2.75, 3.05) is 19.7 Å². The van der Waals surface area contributed by atoms with Gasteiger partial charge in [0.05, 0.1) is 5.60 Å². The molecule has 0 aromatic carbocycles. The lowest BCUT2D eigenvalue weighted by molar-refractivity contribution is -0.216. The summed E-state index contributed by atoms with van der Waals surface area (Å²) in [5.41, 5.74) is -2.69. The zero-order valence-corrected chi connectivity index (χ0v) is 11.8. The zero-order valence-electron chi connectivity index (χ0n) is 11.8. The van der Waals surface area contributed by atoms with E-state index in [1.165, 1.54) is 0 Å². The number of amides is 1. The maximum absolute atomic E-state index is 13.2. The third-order valence-electron chi connectivity index (χ3n) is 4.16. The van der Waals surface area contributed by atoms with Gasteiger partial charge in [-0.25, -0.2) is 0 Å². The number of hydrogen-bond donors (Lipinski definition) is 2. The molecular weight excluding hydrogens is 273 g/mol. The minimum Gasteiger partial charge on any atom is -0.375 e. The number of ether oxygens (including phenoxy) is 1. The highest BCUT2D eigenvalue weighted by Gasteiger charge is 2.61. The number of nitrogens with one attached hydrogen (secondary N) is 2. The van der Waals surface area contributed by atoms with Crippen LogP contribution in [-0.2, 0) is 9.53 Å². The highest BCUT2D eigenvalue weighted by atomic mass is 19.4. The topological polar surface area (TPSA) is 50.4 Å². The van der Waals surface area contributed by atoms with Crippen LogP contribution in [0, 0.1) is 5.41 Å². The maximum atomic E-state index is 13.2. The predicted molar refractivity (Wildman–Crippen MR) is 67.2 cm³/mol. The molecule has 2 rings (SSSR count). The van der Waals surface area contributed by atoms with Crippen molar-refractivity contribution in [3.63, 3.8) is 0 Å². The summed E-state index contributed by atoms with van der Waals surface area (Å²) in [5, 5.41) is 5.23. The van der Waals surface area contributed by atoms with Crippen molar-refractivity contribution in [1.29, 1.82) is 0 Å². The van der Waals surface area contributed by atoms with E-state index in [2.05, 4.69) is 10.6 Å². The molecule has 1 amide bonds. The standard InChI is InChI=1S/C13H21F3N2O2/c1-11(2)7-9(3-6-20-11)18-10(19)12(13(14,15)16)4-5-17-8-12/h9,17H,3-8H2,1-2H3,(H,18,19). The largest absolute Gasteiger partial charge is 0.404 e. The molecule has 20 heavy (non-hydrogen) atoms. The van der Waals surface area contributed by atoms with Crippen LogP contribution in [0.2, 0.25) is 0 Å². The fraction of sp³-hybridized carbons (Fsp3) is 0.923. The molecule has 4 nitrogen and oxygen atoms in total. The second kappa shape index (κ2) is 5.18. The molecule has 0 bridgehead atoms. The smallest absolute Gasteiger partial charge is 0.375 e. The Morgan fingerprint density at radius 3 is 2.60 bits per heavy atom. The van der Waals surface area contributed by atoms with Gasteiger partial charge in [0.2, 0.25) is 5.91 Å². The van der Waals surface area contributed by atoms with E-state index in [4.69, 9.17) is 4.74 Å². The van der Waals surface area contributed by atoms with Crippen LogP contribution in [0.3, 0.4) is 0 Å². The van der Waals surface area contributed by atoms with Gasteiger partial charge in [-0.15, -0.1) is 0 Å². The van der Waals surface area contributed by atoms with Gasteiger partial charge in [-0.05, 0) is 39.7 Å². The molecule has 116 valence electrons. The molecule has 2 heterocycles. The minimum absolute atomic E-state index is 0.199. The number of carbonyl (C=O) groups excluding carboxylic acids is 1. The summed E-state index contributed by atoms with van der Waals surface area (Å²) in [5.74, 6) is -0.905. The van der Waals surface area contributed by atoms with Gasteiger partial charge in [-0.2, -0.15) is 13.2 Å². The molecule has 0 aliphatic carbocycles. The quantitative estimate of drug-likeness (QED) is 0.813. The van der Waals surface area contributed by atoms with Crippen LogP contribution in [0.4, 0.5) is 13.2 Å². The highest BCUT2D eigenvalue weighted by Crippen LogP contribution is 2.43. The van der Waals surface area contributed by atoms with Crippen molar-refractivity contribution in [3.8, 4) is 0 Å². The molecule has 7 heteroatoms. The van der Waals surface area contributed by atoms with Gasteiger partial charge in [-0.1, -0.05) is 0 Å². The number of hydrogen-bond acceptors (Lipinski definition) is 3. The van der Waals surface area contributed by atoms with Gasteiger partial charge in [0.25, 0.3) is 0 Å². The number of rotatable bonds is 2. The van der Waals surface area contributed by atoms with E-state index in [1.54, 1.807) is 0 Å². The van der Waals surface area contributed by atoms with Crippen LogP contribution in [0.15, 0.2) is 0 Å². The van der Waals surface area contributed by atoms with Crippen LogP contribution in [0.25, 0.3) is 0 Å². The van der Waals surface area contributed by atoms with E-state index < -0.39 is 23.1 Å². The molecule has 2 fully saturated rings. The zero-order chi connectivity index (χ0) is 15.0. The normalized spacial score (nSPS) is 34.0. The minimum atomic E-state index is -4.53. The molecule has 2 aliphatic rings. The van der Waals surface area contributed by atoms with Crippen molar-refractivity contribution in [3.05, 3.63) is 0 Å². The summed E-state index contributed by atoms with van der Waals surface area (Å²) >= 11 is 0. The molecule has 2 atom stereocenters. The first-order valence-electron chi connectivity index (χ1n) is 6.89. The third kappa shape index (κ3) is 2.93. The average Bonchev–Trinajstić information content (AvgIpc) is 2.76. The van der Waals surface area contributed by atoms with Crippen molar-refractivity contribution < 1.29 is 22.7 Å². The van der Waals surface area contributed by atoms with Gasteiger partial charge in [0.15, 0.2) is 5.41 Å². The molecule has 2 saturated heterocycles. The second-order valence-corrected chi connectivity index (χ2v) is 6.28. The molecular formula is C13H21F3N2O2. The fourth-order valence-corrected chi connectivity index (χ4v) is 2.94. The molecule has 0 aromatic rings. The summed E-state index contributed by atoms with van der Waals surface area (Å²) in [6.07, 6.45) is -3.65. The Labute approximate surface area is 116 Å². The first-order chi connectivity index (χ1) is 9.16. The lowest BCUT2D eigenvalue weighted by Crippen LogP contribution is -2.56. The van der Waals surface area contributed by atoms with Gasteiger partial charge in [0, 0.05) is 19.2 Å². The highest BCUT2D eigenvalue weighted by molar-refractivity contribution is 5.84. The van der Waals surface area contributed by atoms with Crippen LogP contribution in [0.1, 0.15) is 33.1 Å². The Hall–Kier alpha value is -0.820. The van der Waals surface area contributed by atoms with E-state index in [0.29, 0.717) is 19.4 Å². The van der Waals surface area contributed by atoms with Gasteiger partial charge in [0.1, 0.15) is 0 Å². The first-order valence-corrected chi connectivity index (χ1v) is 6.89. The lowest BCUT2D eigenvalue weighted by atomic mass is 9.84. The maximum Gasteiger partial charge on any atom is 0.404 e. The van der Waals surface area contributed by atoms with Crippen LogP contribution >= 0.6 is 0 Å². The van der Waals surface area contributed by atoms with Crippen molar-refractivity contribution in [2.24, 2.45) is 5.41 Å². The summed E-state index contributed by atoms with van der Waals surface area (Å²) < 4.78 is 45.3. The molecule has 2 N–H and O–H groups in total. The van der Waals surface area contributed by atoms with Crippen LogP contribution in [-0.4, -0.2) is 43.4 Å². The van der Waals surface area contributed by atoms with Crippen LogP contribution in [0.5, 0.6) is 0 Å². The summed E-state index contributed by atoms with van der Waals surface area (Å²) in [6, 6.07) is -0.258. The SMILES string of the molecule is CC1(C)CC(NC(=O)C2(C(F)(F)F)CCNC2)CCO1. The molecule has 2 aliphatic heterocycles. The Balaban J connectivity index is 2.06. The Bertz CT molecular complexity index is 376. The van der Waals surface area contributed by atoms with Crippen molar-refractivity contribution in [2.45, 2.75) is 50.9 Å².